The van der Waals surface area contributed by atoms with Crippen LogP contribution in [0.5, 0.6) is 0 Å². The molecule has 0 aliphatic carbocycles. The molecule has 3 aromatic rings. The molecule has 11 heteroatoms. The Kier molecular flexibility index (Phi) is 8.81. The van der Waals surface area contributed by atoms with E-state index < -0.39 is 45.2 Å². The number of thiophene rings is 1. The Morgan fingerprint density at radius 3 is 2.63 bits per heavy atom. The van der Waals surface area contributed by atoms with Crippen molar-refractivity contribution < 1.29 is 23.1 Å². The van der Waals surface area contributed by atoms with E-state index in [0.717, 1.165) is 10.8 Å². The molecule has 3 heterocycles. The summed E-state index contributed by atoms with van der Waals surface area (Å²) in [6.45, 7) is 3.95. The van der Waals surface area contributed by atoms with Crippen molar-refractivity contribution in [2.45, 2.75) is 68.1 Å². The first-order valence-corrected chi connectivity index (χ1v) is 15.2. The number of nitrogens with zero attached hydrogens (tertiary/aromatic N) is 2. The smallest absolute Gasteiger partial charge is 0.262 e. The highest BCUT2D eigenvalue weighted by Crippen LogP contribution is 2.28. The van der Waals surface area contributed by atoms with Gasteiger partial charge in [0.25, 0.3) is 5.91 Å². The summed E-state index contributed by atoms with van der Waals surface area (Å²) in [5.41, 5.74) is 6.19. The minimum absolute atomic E-state index is 0.0251. The van der Waals surface area contributed by atoms with Gasteiger partial charge in [-0.1, -0.05) is 50.6 Å². The molecule has 1 aliphatic heterocycles. The number of aliphatic hydroxyl groups is 1. The van der Waals surface area contributed by atoms with Crippen LogP contribution >= 0.6 is 11.3 Å². The molecular weight excluding hydrogens is 524 g/mol. The van der Waals surface area contributed by atoms with Gasteiger partial charge in [-0.05, 0) is 48.1 Å². The number of rotatable bonds is 7. The number of hydrogen-bond acceptors (Lipinski definition) is 8. The minimum atomic E-state index is -4.29. The fourth-order valence-electron chi connectivity index (χ4n) is 4.87. The molecule has 2 amide bonds. The molecule has 4 atom stereocenters. The molecule has 1 saturated heterocycles. The molecule has 204 valence electrons. The van der Waals surface area contributed by atoms with Gasteiger partial charge in [-0.3, -0.25) is 9.59 Å². The van der Waals surface area contributed by atoms with Crippen LogP contribution < -0.4 is 11.1 Å². The third-order valence-electron chi connectivity index (χ3n) is 6.78. The number of amides is 2. The van der Waals surface area contributed by atoms with Crippen molar-refractivity contribution in [2.75, 3.05) is 6.54 Å². The molecule has 1 aromatic carbocycles. The standard InChI is InChI=1S/C27H34N4O5S2/c1-17(2)15-21(30-25(33)24-19-10-4-3-9-18(19)16-37-24)26(34)31-14-8-6-11-20(28)23(32)27(31)38(35,36)22-12-5-7-13-29-22/h3-5,7,9-10,12-13,16-17,20-21,23,27,32H,6,8,11,14-15,28H2,1-2H3,(H,30,33)/t20?,21-,23?,27?/m0/s1. The highest BCUT2D eigenvalue weighted by molar-refractivity contribution is 7.92. The molecule has 0 bridgehead atoms. The number of nitrogens with two attached hydrogens (primary N) is 1. The average Bonchev–Trinajstić information content (AvgIpc) is 3.33. The highest BCUT2D eigenvalue weighted by atomic mass is 32.2. The van der Waals surface area contributed by atoms with Crippen molar-refractivity contribution in [2.24, 2.45) is 11.7 Å². The normalized spacial score (nSPS) is 21.6. The maximum absolute atomic E-state index is 14.1. The van der Waals surface area contributed by atoms with E-state index in [1.54, 1.807) is 6.07 Å². The Labute approximate surface area is 227 Å². The summed E-state index contributed by atoms with van der Waals surface area (Å²) in [6.07, 6.45) is 1.68. The van der Waals surface area contributed by atoms with E-state index >= 15 is 0 Å². The van der Waals surface area contributed by atoms with Gasteiger partial charge in [0.15, 0.2) is 10.4 Å². The lowest BCUT2D eigenvalue weighted by Crippen LogP contribution is -2.61. The monoisotopic (exact) mass is 558 g/mol. The summed E-state index contributed by atoms with van der Waals surface area (Å²) in [6, 6.07) is 10.1. The molecule has 4 N–H and O–H groups in total. The van der Waals surface area contributed by atoms with Crippen molar-refractivity contribution in [3.8, 4) is 0 Å². The zero-order chi connectivity index (χ0) is 27.4. The highest BCUT2D eigenvalue weighted by Gasteiger charge is 2.46. The molecule has 1 aliphatic rings. The predicted octanol–water partition coefficient (Wildman–Crippen LogP) is 2.94. The summed E-state index contributed by atoms with van der Waals surface area (Å²) < 4.78 is 27.5. The first kappa shape index (κ1) is 28.2. The Morgan fingerprint density at radius 2 is 1.92 bits per heavy atom. The molecule has 4 rings (SSSR count). The van der Waals surface area contributed by atoms with Crippen LogP contribution in [0.4, 0.5) is 0 Å². The van der Waals surface area contributed by atoms with E-state index in [1.807, 2.05) is 43.5 Å². The molecule has 0 spiro atoms. The van der Waals surface area contributed by atoms with Crippen molar-refractivity contribution in [3.05, 3.63) is 58.9 Å². The summed E-state index contributed by atoms with van der Waals surface area (Å²) in [4.78, 5) is 33.1. The molecule has 0 radical (unpaired) electrons. The number of sulfone groups is 1. The van der Waals surface area contributed by atoms with Gasteiger partial charge in [0.05, 0.1) is 4.88 Å². The summed E-state index contributed by atoms with van der Waals surface area (Å²) in [5, 5.41) is 15.8. The zero-order valence-corrected chi connectivity index (χ0v) is 23.1. The number of fused-ring (bicyclic) bond motifs is 1. The second-order valence-corrected chi connectivity index (χ2v) is 13.0. The number of pyridine rings is 1. The second-order valence-electron chi connectivity index (χ2n) is 10.1. The van der Waals surface area contributed by atoms with Gasteiger partial charge < -0.3 is 21.1 Å². The van der Waals surface area contributed by atoms with Gasteiger partial charge in [0.1, 0.15) is 12.1 Å². The van der Waals surface area contributed by atoms with Crippen LogP contribution in [0.25, 0.3) is 10.8 Å². The van der Waals surface area contributed by atoms with Gasteiger partial charge in [0, 0.05) is 24.2 Å². The number of benzene rings is 1. The van der Waals surface area contributed by atoms with Crippen molar-refractivity contribution in [3.63, 3.8) is 0 Å². The van der Waals surface area contributed by atoms with Crippen molar-refractivity contribution >= 4 is 43.8 Å². The number of carbonyl (C=O) groups is 2. The van der Waals surface area contributed by atoms with Crippen molar-refractivity contribution in [1.82, 2.24) is 15.2 Å². The van der Waals surface area contributed by atoms with Crippen LogP contribution in [-0.2, 0) is 14.6 Å². The third kappa shape index (κ3) is 5.90. The Morgan fingerprint density at radius 1 is 1.18 bits per heavy atom. The predicted molar refractivity (Wildman–Crippen MR) is 147 cm³/mol. The molecule has 38 heavy (non-hydrogen) atoms. The zero-order valence-electron chi connectivity index (χ0n) is 21.5. The Balaban J connectivity index is 1.71. The van der Waals surface area contributed by atoms with Crippen molar-refractivity contribution in [1.29, 1.82) is 0 Å². The number of carbonyl (C=O) groups excluding carboxylic acids is 2. The molecular formula is C27H34N4O5S2. The maximum Gasteiger partial charge on any atom is 0.262 e. The van der Waals surface area contributed by atoms with Crippen LogP contribution in [0, 0.1) is 5.92 Å². The second kappa shape index (κ2) is 11.9. The molecule has 0 saturated carbocycles. The lowest BCUT2D eigenvalue weighted by atomic mass is 9.98. The SMILES string of the molecule is CC(C)C[C@H](NC(=O)c1scc2ccccc12)C(=O)N1CCCCC(N)C(O)C1S(=O)(=O)c1ccccn1. The number of aromatic nitrogens is 1. The Hall–Kier alpha value is -2.86. The van der Waals surface area contributed by atoms with Crippen LogP contribution in [-0.4, -0.2) is 65.3 Å². The first-order valence-electron chi connectivity index (χ1n) is 12.8. The third-order valence-corrected chi connectivity index (χ3v) is 9.79. The average molecular weight is 559 g/mol. The molecule has 3 unspecified atom stereocenters. The van der Waals surface area contributed by atoms with Gasteiger partial charge in [-0.2, -0.15) is 0 Å². The first-order chi connectivity index (χ1) is 18.1. The lowest BCUT2D eigenvalue weighted by Gasteiger charge is -2.40. The molecule has 2 aromatic heterocycles. The number of aliphatic hydroxyl groups excluding tert-OH is 1. The summed E-state index contributed by atoms with van der Waals surface area (Å²) in [7, 11) is -4.29. The largest absolute Gasteiger partial charge is 0.388 e. The summed E-state index contributed by atoms with van der Waals surface area (Å²) in [5.74, 6) is -0.939. The van der Waals surface area contributed by atoms with Crippen LogP contribution in [0.1, 0.15) is 49.2 Å². The number of nitrogens with one attached hydrogen (secondary N) is 1. The van der Waals surface area contributed by atoms with Crippen LogP contribution in [0.2, 0.25) is 0 Å². The van der Waals surface area contributed by atoms with E-state index in [4.69, 9.17) is 5.73 Å². The van der Waals surface area contributed by atoms with Gasteiger partial charge in [-0.15, -0.1) is 11.3 Å². The lowest BCUT2D eigenvalue weighted by molar-refractivity contribution is -0.137. The van der Waals surface area contributed by atoms with E-state index in [0.29, 0.717) is 30.6 Å². The van der Waals surface area contributed by atoms with E-state index in [2.05, 4.69) is 10.3 Å². The van der Waals surface area contributed by atoms with Gasteiger partial charge in [0.2, 0.25) is 15.7 Å². The van der Waals surface area contributed by atoms with E-state index in [1.165, 1.54) is 34.6 Å². The van der Waals surface area contributed by atoms with E-state index in [9.17, 15) is 23.1 Å². The van der Waals surface area contributed by atoms with Crippen LogP contribution in [0.15, 0.2) is 59.1 Å². The quantitative estimate of drug-likeness (QED) is 0.405. The minimum Gasteiger partial charge on any atom is -0.388 e. The number of likely N-dealkylation sites (tertiary alicyclic amines) is 1. The maximum atomic E-state index is 14.1. The van der Waals surface area contributed by atoms with E-state index in [-0.39, 0.29) is 17.5 Å². The van der Waals surface area contributed by atoms with Crippen LogP contribution in [0.3, 0.4) is 0 Å². The topological polar surface area (TPSA) is 143 Å². The Bertz CT molecular complexity index is 1380. The fraction of sp³-hybridized carbons (Fsp3) is 0.444. The molecule has 9 nitrogen and oxygen atoms in total. The van der Waals surface area contributed by atoms with Gasteiger partial charge >= 0.3 is 0 Å². The van der Waals surface area contributed by atoms with Gasteiger partial charge in [-0.25, -0.2) is 13.4 Å². The molecule has 1 fully saturated rings. The fourth-order valence-corrected chi connectivity index (χ4v) is 7.63. The summed E-state index contributed by atoms with van der Waals surface area (Å²) >= 11 is 1.29. The number of hydrogen-bond donors (Lipinski definition) is 3.